The monoisotopic (exact) mass is 901 g/mol. The quantitative estimate of drug-likeness (QED) is 0.165. The number of hydrogen-bond acceptors (Lipinski definition) is 2. The Hall–Kier alpha value is -7.82. The summed E-state index contributed by atoms with van der Waals surface area (Å²) in [6, 6.07) is -44.6. The van der Waals surface area contributed by atoms with Crippen LogP contribution in [0.3, 0.4) is 0 Å². The highest BCUT2D eigenvalue weighted by atomic mass is 15.2. The molecule has 0 spiro atoms. The molecule has 0 amide bonds. The van der Waals surface area contributed by atoms with Gasteiger partial charge in [0.25, 0.3) is 0 Å². The number of fused-ring (bicyclic) bond motifs is 12. The van der Waals surface area contributed by atoms with E-state index in [2.05, 4.69) is 0 Å². The van der Waals surface area contributed by atoms with Gasteiger partial charge in [0, 0.05) is 90.5 Å². The van der Waals surface area contributed by atoms with Crippen LogP contribution in [0.2, 0.25) is 0 Å². The molecule has 0 atom stereocenters. The van der Waals surface area contributed by atoms with E-state index in [0.717, 1.165) is 0 Å². The van der Waals surface area contributed by atoms with Crippen molar-refractivity contribution < 1.29 is 68.5 Å². The number of nitrogens with zero attached hydrogens (tertiary/aromatic N) is 4. The molecule has 0 fully saturated rings. The maximum absolute atomic E-state index is 10.9. The van der Waals surface area contributed by atoms with Crippen molar-refractivity contribution in [2.75, 3.05) is 9.80 Å². The van der Waals surface area contributed by atoms with Crippen molar-refractivity contribution in [2.24, 2.45) is 0 Å². The minimum Gasteiger partial charge on any atom is -0.310 e. The molecule has 4 nitrogen and oxygen atoms in total. The van der Waals surface area contributed by atoms with Crippen LogP contribution in [0.15, 0.2) is 193 Å². The van der Waals surface area contributed by atoms with Gasteiger partial charge in [-0.05, 0) is 94.5 Å². The smallest absolute Gasteiger partial charge is 0.0653 e. The van der Waals surface area contributed by atoms with E-state index in [0.29, 0.717) is 8.80 Å². The first kappa shape index (κ1) is 13.2. The van der Waals surface area contributed by atoms with Crippen molar-refractivity contribution in [1.29, 1.82) is 0 Å². The Balaban J connectivity index is 1.48. The Labute approximate surface area is 455 Å². The van der Waals surface area contributed by atoms with Gasteiger partial charge in [-0.25, -0.2) is 0 Å². The highest BCUT2D eigenvalue weighted by Gasteiger charge is 2.31. The second-order valence-corrected chi connectivity index (χ2v) is 14.8. The van der Waals surface area contributed by atoms with Gasteiger partial charge in [0.1, 0.15) is 0 Å². The number of aromatic nitrogens is 2. The summed E-state index contributed by atoms with van der Waals surface area (Å²) in [5, 5.41) is -9.45. The minimum atomic E-state index is -4.63. The molecule has 0 saturated heterocycles. The molecule has 4 aromatic heterocycles. The summed E-state index contributed by atoms with van der Waals surface area (Å²) in [4.78, 5) is 0.417. The fourth-order valence-electron chi connectivity index (χ4n) is 8.67. The van der Waals surface area contributed by atoms with E-state index >= 15 is 0 Å². The van der Waals surface area contributed by atoms with Crippen molar-refractivity contribution in [1.82, 2.24) is 8.80 Å². The number of benzene rings is 9. The Kier molecular flexibility index (Phi) is 2.76. The molecule has 13 aromatic rings. The first-order chi connectivity index (χ1) is 52.9. The van der Waals surface area contributed by atoms with Crippen molar-refractivity contribution in [3.8, 4) is 0 Å². The molecule has 4 heterocycles. The first-order valence-corrected chi connectivity index (χ1v) is 19.2. The predicted octanol–water partition coefficient (Wildman–Crippen LogP) is 17.5. The lowest BCUT2D eigenvalue weighted by atomic mass is 9.85. The summed E-state index contributed by atoms with van der Waals surface area (Å²) in [7, 11) is 0. The van der Waals surface area contributed by atoms with Crippen LogP contribution in [-0.4, -0.2) is 8.80 Å². The molecule has 0 N–H and O–H groups in total. The molecule has 66 heavy (non-hydrogen) atoms. The molecule has 0 aliphatic carbocycles. The van der Waals surface area contributed by atoms with Crippen molar-refractivity contribution in [3.05, 3.63) is 204 Å². The van der Waals surface area contributed by atoms with E-state index in [1.807, 2.05) is 0 Å². The van der Waals surface area contributed by atoms with E-state index in [-0.39, 0.29) is 9.80 Å². The summed E-state index contributed by atoms with van der Waals surface area (Å²) in [6.07, 6.45) is 0. The first-order valence-electron chi connectivity index (χ1n) is 44.2. The summed E-state index contributed by atoms with van der Waals surface area (Å²) in [5.41, 5.74) is -28.4. The molecule has 0 aliphatic heterocycles. The van der Waals surface area contributed by atoms with Gasteiger partial charge >= 0.3 is 0 Å². The standard InChI is InChI=1S/C62H50N4/c1-61(2,3)49-31-19-29-45-55-51(63(39-21-11-7-12-22-39)40-23-13-8-14-24-40)35-33-43-47-38-54-48(37-53(47)65(57(45)49)59(43)55)44-34-36-52(64(41-25-15-9-16-26-41)42-27-17-10-18-28-42)56-46-30-20-32-50(62(4,5)6)58(46)66(54)60(44)56/h7-38H,1-6H3/i1D3,2D3,3D3,4D3,5D3,6D3,7D,8D,9D,10D,11D,12D,13D,14D,15D,16D,17D,18D,19D,20D,21D,22D,23D,24D,25D,26D,27D,28D,29D,30D,31D,32D,33D,34D,35D,36D,37D,38D. The number of para-hydroxylation sites is 6. The van der Waals surface area contributed by atoms with Crippen molar-refractivity contribution in [2.45, 2.75) is 51.9 Å². The fraction of sp³-hybridized carbons (Fsp3) is 0.129. The largest absolute Gasteiger partial charge is 0.310 e. The minimum absolute atomic E-state index is 0.209. The van der Waals surface area contributed by atoms with Crippen LogP contribution in [0.4, 0.5) is 34.1 Å². The van der Waals surface area contributed by atoms with Gasteiger partial charge in [-0.2, -0.15) is 0 Å². The van der Waals surface area contributed by atoms with Gasteiger partial charge < -0.3 is 18.6 Å². The van der Waals surface area contributed by atoms with E-state index in [4.69, 9.17) is 41.1 Å². The summed E-state index contributed by atoms with van der Waals surface area (Å²) >= 11 is 0. The zero-order chi connectivity index (χ0) is 87.5. The molecule has 4 heteroatoms. The molecular formula is C62H50N4. The fourth-order valence-corrected chi connectivity index (χ4v) is 8.67. The molecule has 0 radical (unpaired) electrons. The number of rotatable bonds is 6. The SMILES string of the molecule is [2H]c1c([2H])c([2H])c(N(c2c([2H])c([2H])c([2H])c([2H])c2[2H])c2c([2H])c([2H])c3c4c([2H])c5c(c([2H])c4n4c6c(C(C([2H])([2H])[2H])(C([2H])([2H])[2H])C([2H])([2H])[2H])c([2H])c([2H])c([2H])c6c2c34)c2c([2H])c([2H])c(N(c3c([2H])c([2H])c([2H])c([2H])c3[2H])c3c([2H])c([2H])c([2H])c([2H])c3[2H])c3c4c([2H])c([2H])c([2H])c(C(C([2H])([2H])[2H])(C([2H])([2H])[2H])C([2H])([2H])[2H])c4n5c23)c([2H])c1[2H]. The van der Waals surface area contributed by atoms with Crippen LogP contribution in [0, 0.1) is 0 Å². The zero-order valence-corrected chi connectivity index (χ0v) is 32.8. The Morgan fingerprint density at radius 3 is 1.03 bits per heavy atom. The van der Waals surface area contributed by atoms with E-state index in [1.54, 1.807) is 0 Å². The Morgan fingerprint density at radius 2 is 0.697 bits per heavy atom. The second-order valence-electron chi connectivity index (χ2n) is 14.8. The Morgan fingerprint density at radius 1 is 0.348 bits per heavy atom. The van der Waals surface area contributed by atoms with Crippen LogP contribution in [0.1, 0.15) is 121 Å². The highest BCUT2D eigenvalue weighted by molar-refractivity contribution is 6.32. The topological polar surface area (TPSA) is 15.3 Å². The van der Waals surface area contributed by atoms with Crippen LogP contribution in [0.25, 0.3) is 76.2 Å². The van der Waals surface area contributed by atoms with Gasteiger partial charge in [-0.3, -0.25) is 0 Å². The molecule has 0 aliphatic rings. The maximum atomic E-state index is 10.9. The molecule has 9 aromatic carbocycles. The van der Waals surface area contributed by atoms with E-state index < -0.39 is 367 Å². The number of hydrogen-bond donors (Lipinski definition) is 0. The third-order valence-corrected chi connectivity index (χ3v) is 11.1. The van der Waals surface area contributed by atoms with Gasteiger partial charge in [0.2, 0.25) is 0 Å². The normalized spacial score (nSPS) is 24.7. The molecule has 0 unspecified atom stereocenters. The molecular weight excluding hydrogens is 801 g/mol. The van der Waals surface area contributed by atoms with E-state index in [1.165, 1.54) is 0 Å². The lowest BCUT2D eigenvalue weighted by Crippen LogP contribution is -2.12. The van der Waals surface area contributed by atoms with Crippen LogP contribution in [0.5, 0.6) is 0 Å². The molecule has 0 bridgehead atoms. The Bertz CT molecular complexity index is 5920. The molecule has 13 rings (SSSR count). The van der Waals surface area contributed by atoms with E-state index in [9.17, 15) is 27.4 Å². The average Bonchev–Trinajstić information content (AvgIpc) is 1.46. The maximum Gasteiger partial charge on any atom is 0.0653 e. The van der Waals surface area contributed by atoms with Crippen molar-refractivity contribution in [3.63, 3.8) is 0 Å². The second kappa shape index (κ2) is 13.8. The number of anilines is 6. The van der Waals surface area contributed by atoms with Crippen molar-refractivity contribution >= 4 is 110 Å². The van der Waals surface area contributed by atoms with Crippen LogP contribution >= 0.6 is 0 Å². The summed E-state index contributed by atoms with van der Waals surface area (Å²) in [6.45, 7) is -27.4. The van der Waals surface area contributed by atoms with Crippen LogP contribution < -0.4 is 9.80 Å². The zero-order valence-electron chi connectivity index (χ0n) is 82.8. The third-order valence-electron chi connectivity index (χ3n) is 11.1. The predicted molar refractivity (Wildman–Crippen MR) is 283 cm³/mol. The third kappa shape index (κ3) is 5.39. The van der Waals surface area contributed by atoms with Gasteiger partial charge in [0.05, 0.1) is 88.3 Å². The van der Waals surface area contributed by atoms with Gasteiger partial charge in [-0.15, -0.1) is 0 Å². The van der Waals surface area contributed by atoms with Crippen LogP contribution in [-0.2, 0) is 10.8 Å². The summed E-state index contributed by atoms with van der Waals surface area (Å²) < 4.78 is 467. The lowest BCUT2D eigenvalue weighted by molar-refractivity contribution is 0.594. The average molecular weight is 901 g/mol. The molecule has 318 valence electrons. The molecule has 0 saturated carbocycles. The van der Waals surface area contributed by atoms with Gasteiger partial charge in [-0.1, -0.05) is 162 Å². The summed E-state index contributed by atoms with van der Waals surface area (Å²) in [5.74, 6) is 0. The lowest BCUT2D eigenvalue weighted by Gasteiger charge is -2.26. The highest BCUT2D eigenvalue weighted by Crippen LogP contribution is 2.52. The van der Waals surface area contributed by atoms with Gasteiger partial charge in [0.15, 0.2) is 0 Å².